The van der Waals surface area contributed by atoms with Gasteiger partial charge in [-0.1, -0.05) is 11.6 Å². The standard InChI is InChI=1S/C19H22ClN5/c1-12-18(13-9-15(20)14-3-6-22-16(14)10-13)23-11-17(24-12)25-7-4-19(2,21)5-8-25/h3,6,9-11,22H,4-5,7-8,21H2,1-2H3. The molecule has 3 heterocycles. The Morgan fingerprint density at radius 3 is 2.76 bits per heavy atom. The first-order chi connectivity index (χ1) is 11.9. The Kier molecular flexibility index (Phi) is 3.93. The number of aryl methyl sites for hydroxylation is 1. The van der Waals surface area contributed by atoms with Crippen LogP contribution in [0.3, 0.4) is 0 Å². The maximum Gasteiger partial charge on any atom is 0.147 e. The molecule has 25 heavy (non-hydrogen) atoms. The number of benzene rings is 1. The van der Waals surface area contributed by atoms with Crippen molar-refractivity contribution in [1.82, 2.24) is 15.0 Å². The third-order valence-electron chi connectivity index (χ3n) is 5.06. The van der Waals surface area contributed by atoms with Crippen molar-refractivity contribution in [2.75, 3.05) is 18.0 Å². The summed E-state index contributed by atoms with van der Waals surface area (Å²) in [6.07, 6.45) is 5.68. The van der Waals surface area contributed by atoms with Gasteiger partial charge in [-0.3, -0.25) is 4.98 Å². The van der Waals surface area contributed by atoms with Gasteiger partial charge in [-0.2, -0.15) is 0 Å². The van der Waals surface area contributed by atoms with Crippen molar-refractivity contribution in [3.63, 3.8) is 0 Å². The maximum atomic E-state index is 6.40. The number of fused-ring (bicyclic) bond motifs is 1. The molecule has 3 N–H and O–H groups in total. The minimum absolute atomic E-state index is 0.0683. The number of nitrogens with two attached hydrogens (primary N) is 1. The molecular weight excluding hydrogens is 334 g/mol. The van der Waals surface area contributed by atoms with E-state index in [0.717, 1.165) is 64.6 Å². The number of piperidine rings is 1. The number of rotatable bonds is 2. The monoisotopic (exact) mass is 355 g/mol. The molecular formula is C19H22ClN5. The Morgan fingerprint density at radius 1 is 1.28 bits per heavy atom. The summed E-state index contributed by atoms with van der Waals surface area (Å²) in [6, 6.07) is 6.00. The minimum atomic E-state index is -0.0683. The summed E-state index contributed by atoms with van der Waals surface area (Å²) in [7, 11) is 0. The van der Waals surface area contributed by atoms with Gasteiger partial charge < -0.3 is 15.6 Å². The predicted molar refractivity (Wildman–Crippen MR) is 103 cm³/mol. The molecule has 6 heteroatoms. The van der Waals surface area contributed by atoms with Gasteiger partial charge in [-0.05, 0) is 44.9 Å². The molecule has 5 nitrogen and oxygen atoms in total. The van der Waals surface area contributed by atoms with Gasteiger partial charge >= 0.3 is 0 Å². The van der Waals surface area contributed by atoms with E-state index < -0.39 is 0 Å². The molecule has 3 aromatic rings. The van der Waals surface area contributed by atoms with Crippen molar-refractivity contribution in [3.05, 3.63) is 41.3 Å². The molecule has 1 aliphatic heterocycles. The Balaban J connectivity index is 1.65. The van der Waals surface area contributed by atoms with Crippen LogP contribution in [0.15, 0.2) is 30.6 Å². The highest BCUT2D eigenvalue weighted by Crippen LogP contribution is 2.31. The molecule has 0 atom stereocenters. The van der Waals surface area contributed by atoms with Crippen LogP contribution in [0.4, 0.5) is 5.82 Å². The Hall–Kier alpha value is -2.11. The number of nitrogens with one attached hydrogen (secondary N) is 1. The number of anilines is 1. The second-order valence-electron chi connectivity index (χ2n) is 7.20. The lowest BCUT2D eigenvalue weighted by molar-refractivity contribution is 0.363. The molecule has 0 bridgehead atoms. The largest absolute Gasteiger partial charge is 0.361 e. The molecule has 2 aromatic heterocycles. The van der Waals surface area contributed by atoms with Crippen LogP contribution in [0.25, 0.3) is 22.2 Å². The molecule has 0 radical (unpaired) electrons. The highest BCUT2D eigenvalue weighted by atomic mass is 35.5. The van der Waals surface area contributed by atoms with Gasteiger partial charge in [-0.25, -0.2) is 4.98 Å². The topological polar surface area (TPSA) is 70.8 Å². The first-order valence-electron chi connectivity index (χ1n) is 8.57. The summed E-state index contributed by atoms with van der Waals surface area (Å²) in [5, 5.41) is 1.74. The fraction of sp³-hybridized carbons (Fsp3) is 0.368. The smallest absolute Gasteiger partial charge is 0.147 e. The lowest BCUT2D eigenvalue weighted by atomic mass is 9.91. The van der Waals surface area contributed by atoms with Crippen molar-refractivity contribution >= 4 is 28.3 Å². The third kappa shape index (κ3) is 3.10. The van der Waals surface area contributed by atoms with E-state index >= 15 is 0 Å². The van der Waals surface area contributed by atoms with Crippen LogP contribution in [-0.2, 0) is 0 Å². The summed E-state index contributed by atoms with van der Waals surface area (Å²) in [5.41, 5.74) is 9.90. The van der Waals surface area contributed by atoms with E-state index in [1.165, 1.54) is 0 Å². The van der Waals surface area contributed by atoms with Crippen LogP contribution in [-0.4, -0.2) is 33.6 Å². The zero-order chi connectivity index (χ0) is 17.6. The number of aromatic nitrogens is 3. The quantitative estimate of drug-likeness (QED) is 0.731. The molecule has 130 valence electrons. The third-order valence-corrected chi connectivity index (χ3v) is 5.37. The van der Waals surface area contributed by atoms with Crippen molar-refractivity contribution in [3.8, 4) is 11.3 Å². The zero-order valence-electron chi connectivity index (χ0n) is 14.5. The van der Waals surface area contributed by atoms with Crippen LogP contribution >= 0.6 is 11.6 Å². The van der Waals surface area contributed by atoms with Crippen LogP contribution in [0.5, 0.6) is 0 Å². The number of halogens is 1. The van der Waals surface area contributed by atoms with Gasteiger partial charge in [-0.15, -0.1) is 0 Å². The van der Waals surface area contributed by atoms with Crippen molar-refractivity contribution in [1.29, 1.82) is 0 Å². The van der Waals surface area contributed by atoms with Gasteiger partial charge in [0.2, 0.25) is 0 Å². The number of H-pyrrole nitrogens is 1. The lowest BCUT2D eigenvalue weighted by Crippen LogP contribution is -2.48. The summed E-state index contributed by atoms with van der Waals surface area (Å²) >= 11 is 6.40. The van der Waals surface area contributed by atoms with Crippen molar-refractivity contribution in [2.45, 2.75) is 32.2 Å². The van der Waals surface area contributed by atoms with Crippen LogP contribution < -0.4 is 10.6 Å². The van der Waals surface area contributed by atoms with E-state index in [0.29, 0.717) is 0 Å². The molecule has 0 aliphatic carbocycles. The normalized spacial score (nSPS) is 17.2. The van der Waals surface area contributed by atoms with Crippen molar-refractivity contribution in [2.24, 2.45) is 5.73 Å². The van der Waals surface area contributed by atoms with Gasteiger partial charge in [0, 0.05) is 41.3 Å². The van der Waals surface area contributed by atoms with E-state index in [4.69, 9.17) is 22.3 Å². The number of hydrogen-bond acceptors (Lipinski definition) is 4. The highest BCUT2D eigenvalue weighted by Gasteiger charge is 2.26. The van der Waals surface area contributed by atoms with E-state index in [9.17, 15) is 0 Å². The van der Waals surface area contributed by atoms with E-state index in [-0.39, 0.29) is 5.54 Å². The van der Waals surface area contributed by atoms with Gasteiger partial charge in [0.05, 0.1) is 22.6 Å². The Morgan fingerprint density at radius 2 is 2.04 bits per heavy atom. The minimum Gasteiger partial charge on any atom is -0.361 e. The lowest BCUT2D eigenvalue weighted by Gasteiger charge is -2.37. The fourth-order valence-corrected chi connectivity index (χ4v) is 3.69. The average Bonchev–Trinajstić information content (AvgIpc) is 3.04. The summed E-state index contributed by atoms with van der Waals surface area (Å²) in [4.78, 5) is 14.9. The Labute approximate surface area is 152 Å². The van der Waals surface area contributed by atoms with Gasteiger partial charge in [0.15, 0.2) is 0 Å². The van der Waals surface area contributed by atoms with Crippen LogP contribution in [0.2, 0.25) is 5.02 Å². The van der Waals surface area contributed by atoms with Crippen LogP contribution in [0.1, 0.15) is 25.5 Å². The van der Waals surface area contributed by atoms with Crippen molar-refractivity contribution < 1.29 is 0 Å². The summed E-state index contributed by atoms with van der Waals surface area (Å²) in [5.74, 6) is 0.920. The average molecular weight is 356 g/mol. The molecule has 1 aliphatic rings. The number of nitrogens with zero attached hydrogens (tertiary/aromatic N) is 3. The molecule has 0 spiro atoms. The second kappa shape index (κ2) is 6.00. The first kappa shape index (κ1) is 16.4. The molecule has 4 rings (SSSR count). The van der Waals surface area contributed by atoms with E-state index in [2.05, 4.69) is 27.9 Å². The molecule has 1 saturated heterocycles. The molecule has 0 saturated carbocycles. The zero-order valence-corrected chi connectivity index (χ0v) is 15.3. The maximum absolute atomic E-state index is 6.40. The number of hydrogen-bond donors (Lipinski definition) is 2. The molecule has 1 fully saturated rings. The Bertz CT molecular complexity index is 921. The van der Waals surface area contributed by atoms with Crippen LogP contribution in [0, 0.1) is 6.92 Å². The van der Waals surface area contributed by atoms with E-state index in [1.807, 2.05) is 31.5 Å². The summed E-state index contributed by atoms with van der Waals surface area (Å²) < 4.78 is 0. The summed E-state index contributed by atoms with van der Waals surface area (Å²) in [6.45, 7) is 5.95. The van der Waals surface area contributed by atoms with Gasteiger partial charge in [0.25, 0.3) is 0 Å². The molecule has 0 unspecified atom stereocenters. The first-order valence-corrected chi connectivity index (χ1v) is 8.95. The molecule has 1 aromatic carbocycles. The van der Waals surface area contributed by atoms with Gasteiger partial charge in [0.1, 0.15) is 5.82 Å². The highest BCUT2D eigenvalue weighted by molar-refractivity contribution is 6.35. The second-order valence-corrected chi connectivity index (χ2v) is 7.61. The van der Waals surface area contributed by atoms with E-state index in [1.54, 1.807) is 0 Å². The SMILES string of the molecule is Cc1nc(N2CCC(C)(N)CC2)cnc1-c1cc(Cl)c2cc[nH]c2c1. The fourth-order valence-electron chi connectivity index (χ4n) is 3.41. The number of aromatic amines is 1. The molecule has 0 amide bonds. The predicted octanol–water partition coefficient (Wildman–Crippen LogP) is 3.90.